The Morgan fingerprint density at radius 1 is 1.50 bits per heavy atom. The molecule has 0 heterocycles. The van der Waals surface area contributed by atoms with Gasteiger partial charge in [0.25, 0.3) is 5.69 Å². The predicted octanol–water partition coefficient (Wildman–Crippen LogP) is 1.09. The number of anilines is 1. The Hall–Kier alpha value is -2.15. The summed E-state index contributed by atoms with van der Waals surface area (Å²) in [5, 5.41) is 27.5. The molecule has 0 unspecified atom stereocenters. The van der Waals surface area contributed by atoms with Crippen molar-refractivity contribution >= 4 is 17.3 Å². The summed E-state index contributed by atoms with van der Waals surface area (Å²) in [7, 11) is 0. The first-order valence-corrected chi connectivity index (χ1v) is 3.48. The van der Waals surface area contributed by atoms with Gasteiger partial charge in [0.15, 0.2) is 0 Å². The van der Waals surface area contributed by atoms with Crippen LogP contribution < -0.4 is 5.48 Å². The van der Waals surface area contributed by atoms with Gasteiger partial charge in [-0.05, 0) is 12.1 Å². The monoisotopic (exact) mass is 198 g/mol. The second-order valence-electron chi connectivity index (χ2n) is 2.41. The third kappa shape index (κ3) is 1.77. The molecule has 3 N–H and O–H groups in total. The third-order valence-corrected chi connectivity index (χ3v) is 1.55. The van der Waals surface area contributed by atoms with Gasteiger partial charge < -0.3 is 5.11 Å². The minimum Gasteiger partial charge on any atom is -0.477 e. The van der Waals surface area contributed by atoms with Gasteiger partial charge in [-0.15, -0.1) is 0 Å². The lowest BCUT2D eigenvalue weighted by atomic mass is 10.1. The van der Waals surface area contributed by atoms with Crippen LogP contribution in [-0.4, -0.2) is 21.2 Å². The Balaban J connectivity index is 3.31. The first-order valence-electron chi connectivity index (χ1n) is 3.48. The van der Waals surface area contributed by atoms with Crippen molar-refractivity contribution in [3.8, 4) is 0 Å². The molecule has 0 saturated carbocycles. The van der Waals surface area contributed by atoms with Crippen molar-refractivity contribution in [2.24, 2.45) is 0 Å². The molecule has 0 spiro atoms. The van der Waals surface area contributed by atoms with Crippen molar-refractivity contribution in [1.29, 1.82) is 0 Å². The lowest BCUT2D eigenvalue weighted by molar-refractivity contribution is -0.385. The van der Waals surface area contributed by atoms with Crippen LogP contribution in [0.3, 0.4) is 0 Å². The summed E-state index contributed by atoms with van der Waals surface area (Å²) in [5.41, 5.74) is 0.784. The Kier molecular flexibility index (Phi) is 2.63. The van der Waals surface area contributed by atoms with Gasteiger partial charge in [0.1, 0.15) is 5.56 Å². The SMILES string of the molecule is O=C(O)c1cc(NO)ccc1[N+](=O)[O-]. The van der Waals surface area contributed by atoms with Crippen LogP contribution in [0, 0.1) is 10.1 Å². The Bertz CT molecular complexity index is 390. The van der Waals surface area contributed by atoms with Gasteiger partial charge in [-0.2, -0.15) is 0 Å². The summed E-state index contributed by atoms with van der Waals surface area (Å²) >= 11 is 0. The number of benzene rings is 1. The van der Waals surface area contributed by atoms with E-state index < -0.39 is 22.1 Å². The summed E-state index contributed by atoms with van der Waals surface area (Å²) < 4.78 is 0. The van der Waals surface area contributed by atoms with Gasteiger partial charge in [0, 0.05) is 6.07 Å². The number of nitrogens with zero attached hydrogens (tertiary/aromatic N) is 1. The molecule has 14 heavy (non-hydrogen) atoms. The second-order valence-corrected chi connectivity index (χ2v) is 2.41. The van der Waals surface area contributed by atoms with E-state index in [-0.39, 0.29) is 5.69 Å². The van der Waals surface area contributed by atoms with Gasteiger partial charge in [-0.3, -0.25) is 20.8 Å². The molecule has 1 rings (SSSR count). The van der Waals surface area contributed by atoms with E-state index in [0.29, 0.717) is 0 Å². The van der Waals surface area contributed by atoms with Crippen molar-refractivity contribution in [2.45, 2.75) is 0 Å². The van der Waals surface area contributed by atoms with Crippen LogP contribution in [0.2, 0.25) is 0 Å². The summed E-state index contributed by atoms with van der Waals surface area (Å²) in [6.45, 7) is 0. The molecule has 0 bridgehead atoms. The Morgan fingerprint density at radius 3 is 2.57 bits per heavy atom. The molecule has 0 amide bonds. The van der Waals surface area contributed by atoms with Crippen LogP contribution in [0.15, 0.2) is 18.2 Å². The highest BCUT2D eigenvalue weighted by Crippen LogP contribution is 2.22. The topological polar surface area (TPSA) is 113 Å². The largest absolute Gasteiger partial charge is 0.477 e. The van der Waals surface area contributed by atoms with Gasteiger partial charge in [0.05, 0.1) is 10.6 Å². The maximum Gasteiger partial charge on any atom is 0.342 e. The number of carbonyl (C=O) groups is 1. The summed E-state index contributed by atoms with van der Waals surface area (Å²) in [5.74, 6) is -1.42. The molecule has 7 heteroatoms. The molecule has 1 aromatic rings. The highest BCUT2D eigenvalue weighted by atomic mass is 16.6. The van der Waals surface area contributed by atoms with E-state index in [4.69, 9.17) is 10.3 Å². The molecule has 0 aliphatic carbocycles. The zero-order valence-electron chi connectivity index (χ0n) is 6.80. The second kappa shape index (κ2) is 3.71. The minimum absolute atomic E-state index is 0.0769. The number of hydrogen-bond donors (Lipinski definition) is 3. The van der Waals surface area contributed by atoms with E-state index in [1.54, 1.807) is 5.48 Å². The van der Waals surface area contributed by atoms with Crippen molar-refractivity contribution in [1.82, 2.24) is 0 Å². The summed E-state index contributed by atoms with van der Waals surface area (Å²) in [6, 6.07) is 3.17. The fourth-order valence-corrected chi connectivity index (χ4v) is 0.936. The number of aromatic carboxylic acids is 1. The van der Waals surface area contributed by atoms with Crippen molar-refractivity contribution in [3.63, 3.8) is 0 Å². The first-order chi connectivity index (χ1) is 6.56. The zero-order valence-corrected chi connectivity index (χ0v) is 6.80. The highest BCUT2D eigenvalue weighted by Gasteiger charge is 2.19. The van der Waals surface area contributed by atoms with E-state index in [2.05, 4.69) is 0 Å². The molecule has 0 fully saturated rings. The van der Waals surface area contributed by atoms with Crippen LogP contribution in [0.25, 0.3) is 0 Å². The van der Waals surface area contributed by atoms with Crippen LogP contribution in [0.5, 0.6) is 0 Å². The van der Waals surface area contributed by atoms with E-state index in [1.165, 1.54) is 6.07 Å². The molecule has 1 aromatic carbocycles. The minimum atomic E-state index is -1.42. The standard InChI is InChI=1S/C7H6N2O5/c10-7(11)5-3-4(8-12)1-2-6(5)9(13)14/h1-3,8,12H,(H,10,11). The zero-order chi connectivity index (χ0) is 10.7. The van der Waals surface area contributed by atoms with Crippen molar-refractivity contribution in [2.75, 3.05) is 5.48 Å². The third-order valence-electron chi connectivity index (χ3n) is 1.55. The number of nitro groups is 1. The summed E-state index contributed by atoms with van der Waals surface area (Å²) in [6.07, 6.45) is 0. The fourth-order valence-electron chi connectivity index (χ4n) is 0.936. The number of hydrogen-bond acceptors (Lipinski definition) is 5. The van der Waals surface area contributed by atoms with Crippen LogP contribution in [-0.2, 0) is 0 Å². The number of rotatable bonds is 3. The van der Waals surface area contributed by atoms with E-state index in [0.717, 1.165) is 12.1 Å². The number of nitrogens with one attached hydrogen (secondary N) is 1. The molecule has 0 aromatic heterocycles. The molecule has 74 valence electrons. The fraction of sp³-hybridized carbons (Fsp3) is 0. The molecule has 7 nitrogen and oxygen atoms in total. The molecule has 0 aliphatic heterocycles. The van der Waals surface area contributed by atoms with Crippen molar-refractivity contribution in [3.05, 3.63) is 33.9 Å². The predicted molar refractivity (Wildman–Crippen MR) is 45.5 cm³/mol. The van der Waals surface area contributed by atoms with Crippen LogP contribution in [0.4, 0.5) is 11.4 Å². The molecular formula is C7H6N2O5. The lowest BCUT2D eigenvalue weighted by Gasteiger charge is -2.01. The molecule has 0 radical (unpaired) electrons. The highest BCUT2D eigenvalue weighted by molar-refractivity contribution is 5.93. The van der Waals surface area contributed by atoms with Gasteiger partial charge in [-0.25, -0.2) is 4.79 Å². The molecular weight excluding hydrogens is 192 g/mol. The normalized spacial score (nSPS) is 9.50. The smallest absolute Gasteiger partial charge is 0.342 e. The average Bonchev–Trinajstić information content (AvgIpc) is 2.16. The maximum atomic E-state index is 10.6. The molecule has 0 atom stereocenters. The molecule has 0 aliphatic rings. The Morgan fingerprint density at radius 2 is 2.14 bits per heavy atom. The molecule has 0 saturated heterocycles. The van der Waals surface area contributed by atoms with Crippen molar-refractivity contribution < 1.29 is 20.0 Å². The van der Waals surface area contributed by atoms with E-state index in [1.807, 2.05) is 0 Å². The van der Waals surface area contributed by atoms with Gasteiger partial charge in [0.2, 0.25) is 0 Å². The average molecular weight is 198 g/mol. The summed E-state index contributed by atoms with van der Waals surface area (Å²) in [4.78, 5) is 20.2. The number of carboxylic acids is 1. The Labute approximate surface area is 77.7 Å². The quantitative estimate of drug-likeness (QED) is 0.495. The first kappa shape index (κ1) is 9.93. The van der Waals surface area contributed by atoms with Crippen LogP contribution in [0.1, 0.15) is 10.4 Å². The van der Waals surface area contributed by atoms with E-state index in [9.17, 15) is 14.9 Å². The number of nitro benzene ring substituents is 1. The lowest BCUT2D eigenvalue weighted by Crippen LogP contribution is -2.03. The van der Waals surface area contributed by atoms with E-state index >= 15 is 0 Å². The van der Waals surface area contributed by atoms with Gasteiger partial charge >= 0.3 is 5.97 Å². The maximum absolute atomic E-state index is 10.6. The van der Waals surface area contributed by atoms with Crippen LogP contribution >= 0.6 is 0 Å². The van der Waals surface area contributed by atoms with Gasteiger partial charge in [-0.1, -0.05) is 0 Å². The number of carboxylic acid groups (broad SMARTS) is 1.